The molecule has 0 bridgehead atoms. The lowest BCUT2D eigenvalue weighted by molar-refractivity contribution is 0.585. The molecule has 1 heterocycles. The van der Waals surface area contributed by atoms with E-state index in [1.54, 1.807) is 6.33 Å². The number of unbranched alkanes of at least 4 members (excludes halogenated alkanes) is 7. The van der Waals surface area contributed by atoms with Crippen LogP contribution in [0, 0.1) is 0 Å². The summed E-state index contributed by atoms with van der Waals surface area (Å²) in [4.78, 5) is 4.13. The topological polar surface area (TPSA) is 17.8 Å². The van der Waals surface area contributed by atoms with Gasteiger partial charge in [0.05, 0.1) is 27.2 Å². The van der Waals surface area contributed by atoms with E-state index in [2.05, 4.69) is 35.0 Å². The second-order valence-corrected chi connectivity index (χ2v) is 5.93. The first kappa shape index (κ1) is 17.2. The van der Waals surface area contributed by atoms with Crippen molar-refractivity contribution in [1.82, 2.24) is 8.58 Å². The average Bonchev–Trinajstić information content (AvgIpc) is 2.86. The number of hydrogen-bond donors (Lipinski definition) is 0. The minimum atomic E-state index is 1.01. The van der Waals surface area contributed by atoms with E-state index in [1.165, 1.54) is 51.4 Å². The molecule has 0 saturated carbocycles. The molecule has 0 saturated heterocycles. The third-order valence-electron chi connectivity index (χ3n) is 3.37. The van der Waals surface area contributed by atoms with E-state index in [0.29, 0.717) is 0 Å². The van der Waals surface area contributed by atoms with Gasteiger partial charge in [0, 0.05) is 0 Å². The zero-order valence-corrected chi connectivity index (χ0v) is 14.4. The highest BCUT2D eigenvalue weighted by molar-refractivity contribution is 9.08. The van der Waals surface area contributed by atoms with Crippen molar-refractivity contribution < 1.29 is 0 Å². The molecule has 0 aliphatic rings. The van der Waals surface area contributed by atoms with Crippen LogP contribution in [0.5, 0.6) is 0 Å². The normalized spacial score (nSPS) is 10.3. The first-order chi connectivity index (χ1) is 9.79. The van der Waals surface area contributed by atoms with Crippen LogP contribution in [0.1, 0.15) is 65.2 Å². The van der Waals surface area contributed by atoms with Crippen molar-refractivity contribution in [3.05, 3.63) is 30.6 Å². The van der Waals surface area contributed by atoms with E-state index in [0.717, 1.165) is 11.0 Å². The molecule has 0 aliphatic heterocycles. The maximum atomic E-state index is 4.13. The third kappa shape index (κ3) is 6.56. The molecule has 0 fully saturated rings. The van der Waals surface area contributed by atoms with E-state index >= 15 is 0 Å². The van der Waals surface area contributed by atoms with Gasteiger partial charge in [0.1, 0.15) is 6.33 Å². The van der Waals surface area contributed by atoms with Crippen LogP contribution < -0.4 is 0 Å². The number of nitrogens with zero attached hydrogens (tertiary/aromatic N) is 2. The SMILES string of the molecule is Brn1cnc2ccccc21.CCCCCCCCCC. The smallest absolute Gasteiger partial charge is 0.106 e. The highest BCUT2D eigenvalue weighted by Gasteiger charge is 1.95. The Balaban J connectivity index is 0.000000200. The second kappa shape index (κ2) is 10.9. The molecule has 0 aliphatic carbocycles. The minimum absolute atomic E-state index is 1.01. The second-order valence-electron chi connectivity index (χ2n) is 5.17. The van der Waals surface area contributed by atoms with Crippen molar-refractivity contribution in [2.75, 3.05) is 0 Å². The Morgan fingerprint density at radius 3 is 2.00 bits per heavy atom. The van der Waals surface area contributed by atoms with E-state index in [9.17, 15) is 0 Å². The van der Waals surface area contributed by atoms with Crippen molar-refractivity contribution in [1.29, 1.82) is 0 Å². The van der Waals surface area contributed by atoms with Gasteiger partial charge in [-0.2, -0.15) is 0 Å². The molecule has 0 radical (unpaired) electrons. The average molecular weight is 339 g/mol. The molecule has 3 heteroatoms. The van der Waals surface area contributed by atoms with Gasteiger partial charge in [-0.05, 0) is 12.1 Å². The summed E-state index contributed by atoms with van der Waals surface area (Å²) in [6, 6.07) is 7.95. The van der Waals surface area contributed by atoms with Crippen LogP contribution in [-0.2, 0) is 0 Å². The molecule has 0 amide bonds. The lowest BCUT2D eigenvalue weighted by Crippen LogP contribution is -1.77. The van der Waals surface area contributed by atoms with Gasteiger partial charge < -0.3 is 0 Å². The Labute approximate surface area is 131 Å². The van der Waals surface area contributed by atoms with Crippen LogP contribution in [-0.4, -0.2) is 8.58 Å². The van der Waals surface area contributed by atoms with Crippen molar-refractivity contribution in [2.45, 2.75) is 65.2 Å². The fourth-order valence-electron chi connectivity index (χ4n) is 2.14. The molecule has 2 nitrogen and oxygen atoms in total. The first-order valence-corrected chi connectivity index (χ1v) is 8.58. The van der Waals surface area contributed by atoms with E-state index in [1.807, 2.05) is 27.9 Å². The molecule has 2 aromatic rings. The van der Waals surface area contributed by atoms with Gasteiger partial charge >= 0.3 is 0 Å². The van der Waals surface area contributed by atoms with Crippen molar-refractivity contribution in [3.8, 4) is 0 Å². The molecule has 112 valence electrons. The van der Waals surface area contributed by atoms with Gasteiger partial charge in [-0.3, -0.25) is 3.59 Å². The van der Waals surface area contributed by atoms with Gasteiger partial charge in [-0.15, -0.1) is 0 Å². The summed E-state index contributed by atoms with van der Waals surface area (Å²) in [7, 11) is 0. The molecule has 0 spiro atoms. The molecule has 1 aromatic heterocycles. The number of hydrogen-bond acceptors (Lipinski definition) is 1. The summed E-state index contributed by atoms with van der Waals surface area (Å²) in [6.45, 7) is 4.54. The summed E-state index contributed by atoms with van der Waals surface area (Å²) in [5, 5.41) is 0. The lowest BCUT2D eigenvalue weighted by Gasteiger charge is -1.97. The van der Waals surface area contributed by atoms with Crippen LogP contribution in [0.25, 0.3) is 11.0 Å². The summed E-state index contributed by atoms with van der Waals surface area (Å²) >= 11 is 3.32. The molecular weight excluding hydrogens is 312 g/mol. The van der Waals surface area contributed by atoms with Crippen molar-refractivity contribution >= 4 is 27.2 Å². The highest BCUT2D eigenvalue weighted by atomic mass is 79.9. The summed E-state index contributed by atoms with van der Waals surface area (Å²) in [5.74, 6) is 0. The molecule has 0 N–H and O–H groups in total. The summed E-state index contributed by atoms with van der Waals surface area (Å²) in [5.41, 5.74) is 2.11. The van der Waals surface area contributed by atoms with Gasteiger partial charge in [0.15, 0.2) is 0 Å². The number of rotatable bonds is 7. The fourth-order valence-corrected chi connectivity index (χ4v) is 2.53. The number of fused-ring (bicyclic) bond motifs is 1. The number of aromatic nitrogens is 2. The van der Waals surface area contributed by atoms with Crippen molar-refractivity contribution in [3.63, 3.8) is 0 Å². The Hall–Kier alpha value is -0.830. The molecule has 2 rings (SSSR count). The Bertz CT molecular complexity index is 457. The predicted molar refractivity (Wildman–Crippen MR) is 92.3 cm³/mol. The predicted octanol–water partition coefficient (Wildman–Crippen LogP) is 6.34. The van der Waals surface area contributed by atoms with Gasteiger partial charge in [0.2, 0.25) is 0 Å². The summed E-state index contributed by atoms with van der Waals surface area (Å²) < 4.78 is 1.82. The minimum Gasteiger partial charge on any atom is -0.265 e. The zero-order chi connectivity index (χ0) is 14.6. The molecule has 0 unspecified atom stereocenters. The van der Waals surface area contributed by atoms with Crippen LogP contribution in [0.2, 0.25) is 0 Å². The third-order valence-corrected chi connectivity index (χ3v) is 3.93. The molecule has 1 aromatic carbocycles. The number of imidazole rings is 1. The van der Waals surface area contributed by atoms with E-state index in [4.69, 9.17) is 0 Å². The Morgan fingerprint density at radius 1 is 0.900 bits per heavy atom. The number of halogens is 1. The zero-order valence-electron chi connectivity index (χ0n) is 12.8. The van der Waals surface area contributed by atoms with Crippen LogP contribution in [0.3, 0.4) is 0 Å². The van der Waals surface area contributed by atoms with Crippen LogP contribution in [0.4, 0.5) is 0 Å². The Morgan fingerprint density at radius 2 is 1.45 bits per heavy atom. The van der Waals surface area contributed by atoms with Gasteiger partial charge in [-0.25, -0.2) is 4.98 Å². The molecular formula is C17H27BrN2. The van der Waals surface area contributed by atoms with Crippen LogP contribution in [0.15, 0.2) is 30.6 Å². The highest BCUT2D eigenvalue weighted by Crippen LogP contribution is 2.12. The maximum absolute atomic E-state index is 4.13. The molecule has 20 heavy (non-hydrogen) atoms. The molecule has 0 atom stereocenters. The van der Waals surface area contributed by atoms with Crippen molar-refractivity contribution in [2.24, 2.45) is 0 Å². The fraction of sp³-hybridized carbons (Fsp3) is 0.588. The first-order valence-electron chi connectivity index (χ1n) is 7.87. The summed E-state index contributed by atoms with van der Waals surface area (Å²) in [6.07, 6.45) is 13.2. The van der Waals surface area contributed by atoms with E-state index < -0.39 is 0 Å². The van der Waals surface area contributed by atoms with Gasteiger partial charge in [-0.1, -0.05) is 77.3 Å². The quantitative estimate of drug-likeness (QED) is 0.538. The number of benzene rings is 1. The van der Waals surface area contributed by atoms with E-state index in [-0.39, 0.29) is 0 Å². The largest absolute Gasteiger partial charge is 0.265 e. The maximum Gasteiger partial charge on any atom is 0.106 e. The van der Waals surface area contributed by atoms with Gasteiger partial charge in [0.25, 0.3) is 0 Å². The Kier molecular flexibility index (Phi) is 9.38. The number of para-hydroxylation sites is 2. The lowest BCUT2D eigenvalue weighted by atomic mass is 10.1. The van der Waals surface area contributed by atoms with Crippen LogP contribution >= 0.6 is 16.1 Å². The standard InChI is InChI=1S/C10H22.C7H5BrN2/c1-3-5-7-9-10-8-6-4-2;8-10-5-9-6-3-1-2-4-7(6)10/h3-10H2,1-2H3;1-5H. The monoisotopic (exact) mass is 338 g/mol.